The van der Waals surface area contributed by atoms with Gasteiger partial charge in [0.25, 0.3) is 0 Å². The van der Waals surface area contributed by atoms with Gasteiger partial charge in [-0.15, -0.1) is 0 Å². The van der Waals surface area contributed by atoms with Crippen molar-refractivity contribution >= 4 is 13.8 Å². The molecule has 78 valence electrons. The third kappa shape index (κ3) is 3.31. The maximum atomic E-state index is 3.64. The summed E-state index contributed by atoms with van der Waals surface area (Å²) in [6.07, 6.45) is 0. The first-order valence-corrected chi connectivity index (χ1v) is 6.69. The molecule has 2 heteroatoms. The lowest BCUT2D eigenvalue weighted by atomic mass is 10.3. The lowest BCUT2D eigenvalue weighted by molar-refractivity contribution is 1.01. The quantitative estimate of drug-likeness (QED) is 0.728. The zero-order valence-electron chi connectivity index (χ0n) is 9.49. The lowest BCUT2D eigenvalue weighted by Gasteiger charge is -2.27. The second-order valence-electron chi connectivity index (χ2n) is 4.07. The predicted octanol–water partition coefficient (Wildman–Crippen LogP) is 4.31. The third-order valence-corrected chi connectivity index (χ3v) is 4.89. The van der Waals surface area contributed by atoms with Crippen LogP contribution in [0.5, 0.6) is 0 Å². The van der Waals surface area contributed by atoms with E-state index in [4.69, 9.17) is 0 Å². The molecule has 0 unspecified atom stereocenters. The second-order valence-corrected chi connectivity index (χ2v) is 7.18. The zero-order chi connectivity index (χ0) is 10.6. The molecule has 0 radical (unpaired) electrons. The number of hydrogen-bond acceptors (Lipinski definition) is 1. The van der Waals surface area contributed by atoms with Gasteiger partial charge in [0.15, 0.2) is 0 Å². The minimum Gasteiger partial charge on any atom is -0.364 e. The van der Waals surface area contributed by atoms with Crippen molar-refractivity contribution in [1.82, 2.24) is 0 Å². The molecule has 0 saturated carbocycles. The fourth-order valence-corrected chi connectivity index (χ4v) is 3.67. The van der Waals surface area contributed by atoms with Crippen molar-refractivity contribution in [2.45, 2.75) is 39.0 Å². The van der Waals surface area contributed by atoms with E-state index in [0.717, 1.165) is 11.3 Å². The molecule has 1 nitrogen and oxygen atoms in total. The van der Waals surface area contributed by atoms with Gasteiger partial charge in [-0.1, -0.05) is 45.9 Å². The van der Waals surface area contributed by atoms with Crippen LogP contribution in [0.2, 0.25) is 0 Å². The Balaban J connectivity index is 2.65. The van der Waals surface area contributed by atoms with E-state index in [-0.39, 0.29) is 8.07 Å². The predicted molar refractivity (Wildman–Crippen MR) is 67.3 cm³/mol. The highest BCUT2D eigenvalue weighted by Crippen LogP contribution is 2.45. The molecular weight excluding hydrogens is 189 g/mol. The fourth-order valence-electron chi connectivity index (χ4n) is 1.52. The van der Waals surface area contributed by atoms with Crippen LogP contribution >= 0.6 is 8.07 Å². The van der Waals surface area contributed by atoms with Gasteiger partial charge < -0.3 is 5.09 Å². The summed E-state index contributed by atoms with van der Waals surface area (Å²) in [6.45, 7) is 9.17. The summed E-state index contributed by atoms with van der Waals surface area (Å²) in [5.74, 6) is 0. The van der Waals surface area contributed by atoms with Crippen molar-refractivity contribution in [3.8, 4) is 0 Å². The second kappa shape index (κ2) is 5.36. The standard InChI is InChI=1S/C12H20NP/c1-10(2)14(11(3)4)13-12-8-6-5-7-9-12/h5-11,13H,1-4H3. The summed E-state index contributed by atoms with van der Waals surface area (Å²) >= 11 is 0. The van der Waals surface area contributed by atoms with Crippen LogP contribution in [0.1, 0.15) is 27.7 Å². The Bertz CT molecular complexity index is 248. The van der Waals surface area contributed by atoms with E-state index in [2.05, 4.69) is 63.1 Å². The van der Waals surface area contributed by atoms with E-state index < -0.39 is 0 Å². The van der Waals surface area contributed by atoms with Crippen LogP contribution in [0.15, 0.2) is 30.3 Å². The monoisotopic (exact) mass is 209 g/mol. The molecule has 1 aromatic carbocycles. The Morgan fingerprint density at radius 2 is 1.43 bits per heavy atom. The van der Waals surface area contributed by atoms with Crippen molar-refractivity contribution in [3.05, 3.63) is 30.3 Å². The van der Waals surface area contributed by atoms with E-state index in [1.54, 1.807) is 0 Å². The summed E-state index contributed by atoms with van der Waals surface area (Å²) < 4.78 is 0. The summed E-state index contributed by atoms with van der Waals surface area (Å²) in [5.41, 5.74) is 2.71. The number of nitrogens with one attached hydrogen (secondary N) is 1. The minimum absolute atomic E-state index is 0.105. The molecular formula is C12H20NP. The number of anilines is 1. The van der Waals surface area contributed by atoms with E-state index in [9.17, 15) is 0 Å². The topological polar surface area (TPSA) is 12.0 Å². The molecule has 0 aromatic heterocycles. The lowest BCUT2D eigenvalue weighted by Crippen LogP contribution is -2.10. The van der Waals surface area contributed by atoms with Crippen LogP contribution in [0.4, 0.5) is 5.69 Å². The molecule has 14 heavy (non-hydrogen) atoms. The van der Waals surface area contributed by atoms with Crippen LogP contribution in [0, 0.1) is 0 Å². The van der Waals surface area contributed by atoms with Crippen LogP contribution < -0.4 is 5.09 Å². The van der Waals surface area contributed by atoms with Gasteiger partial charge in [-0.3, -0.25) is 0 Å². The summed E-state index contributed by atoms with van der Waals surface area (Å²) in [7, 11) is -0.105. The maximum absolute atomic E-state index is 3.64. The highest BCUT2D eigenvalue weighted by Gasteiger charge is 2.16. The smallest absolute Gasteiger partial charge is 0.0372 e. The van der Waals surface area contributed by atoms with Gasteiger partial charge in [0, 0.05) is 5.69 Å². The molecule has 1 N–H and O–H groups in total. The Morgan fingerprint density at radius 1 is 0.929 bits per heavy atom. The molecule has 0 aliphatic carbocycles. The summed E-state index contributed by atoms with van der Waals surface area (Å²) in [4.78, 5) is 0. The highest BCUT2D eigenvalue weighted by molar-refractivity contribution is 7.60. The Kier molecular flexibility index (Phi) is 4.41. The molecule has 0 aliphatic heterocycles. The first-order valence-electron chi connectivity index (χ1n) is 5.21. The van der Waals surface area contributed by atoms with Crippen LogP contribution in [0.3, 0.4) is 0 Å². The minimum atomic E-state index is -0.105. The largest absolute Gasteiger partial charge is 0.364 e. The van der Waals surface area contributed by atoms with Crippen LogP contribution in [-0.4, -0.2) is 11.3 Å². The van der Waals surface area contributed by atoms with Gasteiger partial charge in [0.05, 0.1) is 0 Å². The highest BCUT2D eigenvalue weighted by atomic mass is 31.1. The van der Waals surface area contributed by atoms with Gasteiger partial charge >= 0.3 is 0 Å². The first kappa shape index (κ1) is 11.5. The van der Waals surface area contributed by atoms with E-state index in [0.29, 0.717) is 0 Å². The van der Waals surface area contributed by atoms with Crippen LogP contribution in [0.25, 0.3) is 0 Å². The summed E-state index contributed by atoms with van der Waals surface area (Å²) in [6, 6.07) is 10.5. The molecule has 0 bridgehead atoms. The summed E-state index contributed by atoms with van der Waals surface area (Å²) in [5, 5.41) is 3.64. The number of para-hydroxylation sites is 1. The zero-order valence-corrected chi connectivity index (χ0v) is 10.4. The molecule has 0 amide bonds. The fraction of sp³-hybridized carbons (Fsp3) is 0.500. The number of rotatable bonds is 4. The normalized spacial score (nSPS) is 11.4. The maximum Gasteiger partial charge on any atom is 0.0372 e. The van der Waals surface area contributed by atoms with Gasteiger partial charge in [0.2, 0.25) is 0 Å². The van der Waals surface area contributed by atoms with Gasteiger partial charge in [-0.05, 0) is 31.5 Å². The van der Waals surface area contributed by atoms with Gasteiger partial charge in [-0.25, -0.2) is 0 Å². The van der Waals surface area contributed by atoms with E-state index in [1.807, 2.05) is 0 Å². The molecule has 0 saturated heterocycles. The number of hydrogen-bond donors (Lipinski definition) is 1. The average Bonchev–Trinajstić information content (AvgIpc) is 2.15. The van der Waals surface area contributed by atoms with Crippen molar-refractivity contribution in [2.24, 2.45) is 0 Å². The Hall–Kier alpha value is -0.550. The molecule has 1 aromatic rings. The SMILES string of the molecule is CC(C)P(Nc1ccccc1)C(C)C. The van der Waals surface area contributed by atoms with E-state index >= 15 is 0 Å². The Labute approximate surface area is 88.7 Å². The number of benzene rings is 1. The molecule has 0 spiro atoms. The third-order valence-electron chi connectivity index (χ3n) is 2.14. The van der Waals surface area contributed by atoms with Crippen molar-refractivity contribution < 1.29 is 0 Å². The molecule has 0 fully saturated rings. The first-order chi connectivity index (χ1) is 6.61. The van der Waals surface area contributed by atoms with Gasteiger partial charge in [0.1, 0.15) is 0 Å². The molecule has 0 aliphatic rings. The van der Waals surface area contributed by atoms with Crippen molar-refractivity contribution in [1.29, 1.82) is 0 Å². The molecule has 0 heterocycles. The van der Waals surface area contributed by atoms with Crippen molar-refractivity contribution in [3.63, 3.8) is 0 Å². The molecule has 1 rings (SSSR count). The van der Waals surface area contributed by atoms with Gasteiger partial charge in [-0.2, -0.15) is 0 Å². The van der Waals surface area contributed by atoms with Crippen molar-refractivity contribution in [2.75, 3.05) is 5.09 Å². The average molecular weight is 209 g/mol. The van der Waals surface area contributed by atoms with E-state index in [1.165, 1.54) is 5.69 Å². The van der Waals surface area contributed by atoms with Crippen LogP contribution in [-0.2, 0) is 0 Å². The molecule has 0 atom stereocenters. The Morgan fingerprint density at radius 3 is 1.86 bits per heavy atom.